The molecule has 3 rings (SSSR count). The number of unbranched alkanes of at least 4 members (excludes halogenated alkanes) is 1. The summed E-state index contributed by atoms with van der Waals surface area (Å²) in [4.78, 5) is 29.1. The number of pyridine rings is 1. The van der Waals surface area contributed by atoms with Gasteiger partial charge in [0.1, 0.15) is 17.1 Å². The van der Waals surface area contributed by atoms with Crippen molar-refractivity contribution in [1.29, 1.82) is 0 Å². The summed E-state index contributed by atoms with van der Waals surface area (Å²) >= 11 is 0. The molecule has 0 atom stereocenters. The van der Waals surface area contributed by atoms with Crippen molar-refractivity contribution in [2.45, 2.75) is 19.8 Å². The Morgan fingerprint density at radius 2 is 1.86 bits per heavy atom. The van der Waals surface area contributed by atoms with Crippen LogP contribution in [0.3, 0.4) is 0 Å². The van der Waals surface area contributed by atoms with E-state index in [1.807, 2.05) is 12.1 Å². The van der Waals surface area contributed by atoms with Crippen LogP contribution in [-0.2, 0) is 0 Å². The lowest BCUT2D eigenvalue weighted by Crippen LogP contribution is -2.31. The molecule has 4 N–H and O–H groups in total. The van der Waals surface area contributed by atoms with Crippen LogP contribution in [0.15, 0.2) is 47.3 Å². The summed E-state index contributed by atoms with van der Waals surface area (Å²) in [5.41, 5.74) is 0.805. The summed E-state index contributed by atoms with van der Waals surface area (Å²) < 4.78 is 0. The molecule has 2 aromatic carbocycles. The Balaban J connectivity index is 1.90. The fraction of sp³-hybridized carbons (Fsp3) is 0.238. The van der Waals surface area contributed by atoms with Gasteiger partial charge in [-0.15, -0.1) is 0 Å². The van der Waals surface area contributed by atoms with E-state index in [1.54, 1.807) is 12.1 Å². The zero-order valence-corrected chi connectivity index (χ0v) is 15.8. The van der Waals surface area contributed by atoms with Crippen molar-refractivity contribution >= 4 is 28.2 Å². The molecule has 0 unspecified atom stereocenters. The first-order valence-corrected chi connectivity index (χ1v) is 9.12. The molecule has 1 aromatic heterocycles. The molecule has 0 bridgehead atoms. The normalized spacial score (nSPS) is 10.8. The number of phenols is 1. The van der Waals surface area contributed by atoms with Gasteiger partial charge >= 0.3 is 0 Å². The molecular weight excluding hydrogens is 358 g/mol. The minimum Gasteiger partial charge on any atom is -0.508 e. The Bertz CT molecular complexity index is 1060. The number of nitrogens with one attached hydrogen (secondary N) is 2. The third-order valence-corrected chi connectivity index (χ3v) is 4.60. The number of hydrogen-bond acceptors (Lipinski definition) is 5. The first-order valence-electron chi connectivity index (χ1n) is 9.12. The number of phenolic OH excluding ortho intramolecular Hbond substituents is 1. The van der Waals surface area contributed by atoms with Gasteiger partial charge in [-0.05, 0) is 48.9 Å². The summed E-state index contributed by atoms with van der Waals surface area (Å²) in [6.45, 7) is 2.99. The standard InChI is InChI=1S/C21H23N3O4/c1-3-4-11-22-13-5-7-14(8-6-13)24(2)21(28)18-19(26)16-12-15(25)9-10-17(16)23-20(18)27/h5-10,12,22,25H,3-4,11H2,1-2H3,(H2,23,26,27). The molecular formula is C21H23N3O4. The predicted molar refractivity (Wildman–Crippen MR) is 110 cm³/mol. The van der Waals surface area contributed by atoms with Crippen molar-refractivity contribution in [2.24, 2.45) is 0 Å². The van der Waals surface area contributed by atoms with Crippen LogP contribution >= 0.6 is 0 Å². The van der Waals surface area contributed by atoms with Crippen molar-refractivity contribution in [3.05, 3.63) is 58.4 Å². The molecule has 0 radical (unpaired) electrons. The molecule has 0 aliphatic carbocycles. The molecule has 7 heteroatoms. The van der Waals surface area contributed by atoms with E-state index in [2.05, 4.69) is 17.2 Å². The number of anilines is 2. The quantitative estimate of drug-likeness (QED) is 0.490. The summed E-state index contributed by atoms with van der Waals surface area (Å²) in [6, 6.07) is 11.4. The highest BCUT2D eigenvalue weighted by Crippen LogP contribution is 2.29. The number of amides is 1. The van der Waals surface area contributed by atoms with E-state index in [0.29, 0.717) is 11.2 Å². The zero-order valence-electron chi connectivity index (χ0n) is 15.8. The zero-order chi connectivity index (χ0) is 20.3. The maximum absolute atomic E-state index is 12.9. The smallest absolute Gasteiger partial charge is 0.267 e. The number of carbonyl (C=O) groups is 1. The van der Waals surface area contributed by atoms with Crippen molar-refractivity contribution in [2.75, 3.05) is 23.8 Å². The lowest BCUT2D eigenvalue weighted by atomic mass is 10.1. The SMILES string of the molecule is CCCCNc1ccc(N(C)C(=O)c2c(O)c3cc(O)ccc3[nH]c2=O)cc1. The van der Waals surface area contributed by atoms with Crippen molar-refractivity contribution in [3.63, 3.8) is 0 Å². The number of H-pyrrole nitrogens is 1. The number of benzene rings is 2. The van der Waals surface area contributed by atoms with Crippen molar-refractivity contribution < 1.29 is 15.0 Å². The molecule has 0 saturated carbocycles. The first-order chi connectivity index (χ1) is 13.4. The fourth-order valence-corrected chi connectivity index (χ4v) is 2.96. The number of aromatic amines is 1. The lowest BCUT2D eigenvalue weighted by Gasteiger charge is -2.18. The number of nitrogens with zero attached hydrogens (tertiary/aromatic N) is 1. The Hall–Kier alpha value is -3.48. The molecule has 0 fully saturated rings. The molecule has 0 aliphatic rings. The van der Waals surface area contributed by atoms with Gasteiger partial charge in [-0.3, -0.25) is 9.59 Å². The van der Waals surface area contributed by atoms with Gasteiger partial charge in [0.2, 0.25) is 0 Å². The summed E-state index contributed by atoms with van der Waals surface area (Å²) in [5, 5.41) is 23.6. The van der Waals surface area contributed by atoms with Crippen LogP contribution in [0.25, 0.3) is 10.9 Å². The van der Waals surface area contributed by atoms with Crippen LogP contribution in [0, 0.1) is 0 Å². The number of rotatable bonds is 6. The van der Waals surface area contributed by atoms with Crippen LogP contribution in [-0.4, -0.2) is 34.7 Å². The molecule has 146 valence electrons. The molecule has 1 amide bonds. The highest BCUT2D eigenvalue weighted by atomic mass is 16.3. The Morgan fingerprint density at radius 1 is 1.14 bits per heavy atom. The average Bonchev–Trinajstić information content (AvgIpc) is 2.69. The maximum atomic E-state index is 12.9. The third-order valence-electron chi connectivity index (χ3n) is 4.60. The number of aromatic hydroxyl groups is 2. The minimum absolute atomic E-state index is 0.0761. The van der Waals surface area contributed by atoms with Gasteiger partial charge in [0.15, 0.2) is 0 Å². The second-order valence-corrected chi connectivity index (χ2v) is 6.60. The van der Waals surface area contributed by atoms with E-state index < -0.39 is 17.2 Å². The Kier molecular flexibility index (Phi) is 5.54. The van der Waals surface area contributed by atoms with Gasteiger partial charge in [-0.1, -0.05) is 13.3 Å². The summed E-state index contributed by atoms with van der Waals surface area (Å²) in [5.74, 6) is -1.17. The number of aromatic nitrogens is 1. The molecule has 1 heterocycles. The van der Waals surface area contributed by atoms with E-state index in [4.69, 9.17) is 0 Å². The highest BCUT2D eigenvalue weighted by Gasteiger charge is 2.23. The van der Waals surface area contributed by atoms with E-state index in [9.17, 15) is 19.8 Å². The fourth-order valence-electron chi connectivity index (χ4n) is 2.96. The predicted octanol–water partition coefficient (Wildman–Crippen LogP) is 3.43. The monoisotopic (exact) mass is 381 g/mol. The molecule has 7 nitrogen and oxygen atoms in total. The van der Waals surface area contributed by atoms with E-state index >= 15 is 0 Å². The topological polar surface area (TPSA) is 106 Å². The summed E-state index contributed by atoms with van der Waals surface area (Å²) in [6.07, 6.45) is 2.17. The van der Waals surface area contributed by atoms with Gasteiger partial charge < -0.3 is 25.4 Å². The van der Waals surface area contributed by atoms with Gasteiger partial charge in [0, 0.05) is 30.4 Å². The van der Waals surface area contributed by atoms with Crippen LogP contribution in [0.2, 0.25) is 0 Å². The Labute approximate surface area is 162 Å². The second-order valence-electron chi connectivity index (χ2n) is 6.60. The van der Waals surface area contributed by atoms with E-state index in [1.165, 1.54) is 30.1 Å². The minimum atomic E-state index is -0.689. The molecule has 28 heavy (non-hydrogen) atoms. The van der Waals surface area contributed by atoms with Crippen LogP contribution in [0.1, 0.15) is 30.1 Å². The van der Waals surface area contributed by atoms with Crippen LogP contribution in [0.5, 0.6) is 11.5 Å². The Morgan fingerprint density at radius 3 is 2.54 bits per heavy atom. The van der Waals surface area contributed by atoms with Crippen LogP contribution in [0.4, 0.5) is 11.4 Å². The number of fused-ring (bicyclic) bond motifs is 1. The van der Waals surface area contributed by atoms with Crippen LogP contribution < -0.4 is 15.8 Å². The summed E-state index contributed by atoms with van der Waals surface area (Å²) in [7, 11) is 1.54. The van der Waals surface area contributed by atoms with E-state index in [0.717, 1.165) is 25.1 Å². The number of carbonyl (C=O) groups excluding carboxylic acids is 1. The molecule has 0 saturated heterocycles. The lowest BCUT2D eigenvalue weighted by molar-refractivity contribution is 0.0989. The highest BCUT2D eigenvalue weighted by molar-refractivity contribution is 6.10. The first kappa shape index (κ1) is 19.3. The van der Waals surface area contributed by atoms with Crippen molar-refractivity contribution in [1.82, 2.24) is 4.98 Å². The van der Waals surface area contributed by atoms with Gasteiger partial charge in [-0.25, -0.2) is 0 Å². The third kappa shape index (κ3) is 3.78. The molecule has 3 aromatic rings. The average molecular weight is 381 g/mol. The van der Waals surface area contributed by atoms with Gasteiger partial charge in [0.05, 0.1) is 5.52 Å². The second kappa shape index (κ2) is 8.04. The number of hydrogen-bond donors (Lipinski definition) is 4. The van der Waals surface area contributed by atoms with E-state index in [-0.39, 0.29) is 16.7 Å². The molecule has 0 aliphatic heterocycles. The molecule has 0 spiro atoms. The van der Waals surface area contributed by atoms with Gasteiger partial charge in [0.25, 0.3) is 11.5 Å². The van der Waals surface area contributed by atoms with Gasteiger partial charge in [-0.2, -0.15) is 0 Å². The van der Waals surface area contributed by atoms with Crippen molar-refractivity contribution in [3.8, 4) is 11.5 Å². The largest absolute Gasteiger partial charge is 0.508 e. The maximum Gasteiger partial charge on any atom is 0.267 e.